The first-order valence-electron chi connectivity index (χ1n) is 6.93. The highest BCUT2D eigenvalue weighted by atomic mass is 79.9. The van der Waals surface area contributed by atoms with Crippen LogP contribution in [0.25, 0.3) is 11.1 Å². The van der Waals surface area contributed by atoms with E-state index in [0.717, 1.165) is 26.9 Å². The standard InChI is InChI=1S/C17H13BrN4/c18-10-5-3-4-9(8-10)13-11-6-1-2-7-12(11)14-15(13)21-17(20)22-16(14)19/h1-8,13H,(H4,19,20,21,22). The summed E-state index contributed by atoms with van der Waals surface area (Å²) in [4.78, 5) is 8.61. The van der Waals surface area contributed by atoms with Gasteiger partial charge in [-0.1, -0.05) is 52.3 Å². The Kier molecular flexibility index (Phi) is 2.90. The Morgan fingerprint density at radius 2 is 1.77 bits per heavy atom. The van der Waals surface area contributed by atoms with E-state index in [9.17, 15) is 0 Å². The topological polar surface area (TPSA) is 77.8 Å². The van der Waals surface area contributed by atoms with Gasteiger partial charge in [-0.05, 0) is 28.8 Å². The second kappa shape index (κ2) is 4.81. The molecule has 108 valence electrons. The van der Waals surface area contributed by atoms with Crippen LogP contribution in [-0.2, 0) is 0 Å². The van der Waals surface area contributed by atoms with Crippen molar-refractivity contribution in [3.63, 3.8) is 0 Å². The molecule has 1 atom stereocenters. The molecule has 4 rings (SSSR count). The lowest BCUT2D eigenvalue weighted by atomic mass is 9.92. The largest absolute Gasteiger partial charge is 0.383 e. The summed E-state index contributed by atoms with van der Waals surface area (Å²) in [5.41, 5.74) is 17.1. The molecular formula is C17H13BrN4. The van der Waals surface area contributed by atoms with Crippen LogP contribution in [-0.4, -0.2) is 9.97 Å². The van der Waals surface area contributed by atoms with Crippen molar-refractivity contribution in [1.29, 1.82) is 0 Å². The molecule has 2 aromatic carbocycles. The third kappa shape index (κ3) is 1.89. The van der Waals surface area contributed by atoms with Gasteiger partial charge in [0.25, 0.3) is 0 Å². The highest BCUT2D eigenvalue weighted by molar-refractivity contribution is 9.10. The third-order valence-electron chi connectivity index (χ3n) is 3.98. The number of benzene rings is 2. The average molecular weight is 353 g/mol. The fraction of sp³-hybridized carbons (Fsp3) is 0.0588. The minimum Gasteiger partial charge on any atom is -0.383 e. The number of nitrogens with zero attached hydrogens (tertiary/aromatic N) is 2. The maximum absolute atomic E-state index is 6.12. The molecule has 0 spiro atoms. The molecule has 0 amide bonds. The van der Waals surface area contributed by atoms with Gasteiger partial charge in [0.15, 0.2) is 0 Å². The van der Waals surface area contributed by atoms with E-state index in [1.165, 1.54) is 5.56 Å². The maximum Gasteiger partial charge on any atom is 0.222 e. The number of nitrogen functional groups attached to an aromatic ring is 2. The SMILES string of the molecule is Nc1nc(N)c2c(n1)C(c1cccc(Br)c1)c1ccccc1-2. The minimum atomic E-state index is 0.0244. The highest BCUT2D eigenvalue weighted by Crippen LogP contribution is 2.49. The quantitative estimate of drug-likeness (QED) is 0.548. The summed E-state index contributed by atoms with van der Waals surface area (Å²) in [6.45, 7) is 0. The fourth-order valence-electron chi connectivity index (χ4n) is 3.15. The van der Waals surface area contributed by atoms with Crippen molar-refractivity contribution in [2.45, 2.75) is 5.92 Å². The van der Waals surface area contributed by atoms with Crippen LogP contribution in [0.1, 0.15) is 22.7 Å². The molecule has 1 unspecified atom stereocenters. The molecule has 1 aliphatic rings. The normalized spacial score (nSPS) is 15.4. The summed E-state index contributed by atoms with van der Waals surface area (Å²) in [5, 5.41) is 0. The van der Waals surface area contributed by atoms with Crippen molar-refractivity contribution in [1.82, 2.24) is 9.97 Å². The number of hydrogen-bond acceptors (Lipinski definition) is 4. The number of aromatic nitrogens is 2. The zero-order valence-corrected chi connectivity index (χ0v) is 13.2. The van der Waals surface area contributed by atoms with Gasteiger partial charge in [0.1, 0.15) is 5.82 Å². The van der Waals surface area contributed by atoms with Gasteiger partial charge in [-0.25, -0.2) is 4.98 Å². The van der Waals surface area contributed by atoms with Crippen LogP contribution in [0.3, 0.4) is 0 Å². The van der Waals surface area contributed by atoms with Crippen molar-refractivity contribution in [3.8, 4) is 11.1 Å². The smallest absolute Gasteiger partial charge is 0.222 e. The van der Waals surface area contributed by atoms with Crippen LogP contribution < -0.4 is 11.5 Å². The van der Waals surface area contributed by atoms with E-state index in [2.05, 4.69) is 50.2 Å². The molecule has 4 nitrogen and oxygen atoms in total. The van der Waals surface area contributed by atoms with E-state index in [1.54, 1.807) is 0 Å². The minimum absolute atomic E-state index is 0.0244. The van der Waals surface area contributed by atoms with Crippen LogP contribution >= 0.6 is 15.9 Å². The van der Waals surface area contributed by atoms with Crippen molar-refractivity contribution >= 4 is 27.7 Å². The molecule has 0 fully saturated rings. The molecule has 0 saturated heterocycles. The maximum atomic E-state index is 6.12. The number of rotatable bonds is 1. The van der Waals surface area contributed by atoms with E-state index >= 15 is 0 Å². The van der Waals surface area contributed by atoms with E-state index in [1.807, 2.05) is 24.3 Å². The van der Waals surface area contributed by atoms with Crippen LogP contribution in [0.2, 0.25) is 0 Å². The molecule has 0 aliphatic heterocycles. The van der Waals surface area contributed by atoms with Gasteiger partial charge in [0.2, 0.25) is 5.95 Å². The molecular weight excluding hydrogens is 340 g/mol. The Balaban J connectivity index is 2.05. The summed E-state index contributed by atoms with van der Waals surface area (Å²) >= 11 is 3.54. The van der Waals surface area contributed by atoms with Crippen LogP contribution in [0.15, 0.2) is 53.0 Å². The van der Waals surface area contributed by atoms with Gasteiger partial charge in [0.05, 0.1) is 11.6 Å². The number of fused-ring (bicyclic) bond motifs is 3. The highest BCUT2D eigenvalue weighted by Gasteiger charge is 2.33. The van der Waals surface area contributed by atoms with E-state index in [4.69, 9.17) is 11.5 Å². The number of halogens is 1. The Morgan fingerprint density at radius 1 is 0.955 bits per heavy atom. The number of nitrogens with two attached hydrogens (primary N) is 2. The van der Waals surface area contributed by atoms with Crippen LogP contribution in [0, 0.1) is 0 Å². The second-order valence-corrected chi connectivity index (χ2v) is 6.22. The first-order chi connectivity index (χ1) is 10.6. The molecule has 1 heterocycles. The van der Waals surface area contributed by atoms with E-state index in [0.29, 0.717) is 5.82 Å². The molecule has 1 aliphatic carbocycles. The molecule has 1 aromatic heterocycles. The van der Waals surface area contributed by atoms with Crippen molar-refractivity contribution in [3.05, 3.63) is 69.8 Å². The Hall–Kier alpha value is -2.40. The van der Waals surface area contributed by atoms with Crippen molar-refractivity contribution in [2.24, 2.45) is 0 Å². The van der Waals surface area contributed by atoms with Crippen LogP contribution in [0.4, 0.5) is 11.8 Å². The molecule has 0 bridgehead atoms. The van der Waals surface area contributed by atoms with Gasteiger partial charge in [-0.15, -0.1) is 0 Å². The molecule has 5 heteroatoms. The predicted octanol–water partition coefficient (Wildman–Crippen LogP) is 3.56. The zero-order chi connectivity index (χ0) is 15.3. The summed E-state index contributed by atoms with van der Waals surface area (Å²) in [7, 11) is 0. The van der Waals surface area contributed by atoms with Crippen LogP contribution in [0.5, 0.6) is 0 Å². The lowest BCUT2D eigenvalue weighted by Crippen LogP contribution is -2.07. The Bertz CT molecular complexity index is 892. The Labute approximate surface area is 136 Å². The monoisotopic (exact) mass is 352 g/mol. The predicted molar refractivity (Wildman–Crippen MR) is 91.4 cm³/mol. The Morgan fingerprint density at radius 3 is 2.59 bits per heavy atom. The second-order valence-electron chi connectivity index (χ2n) is 5.30. The van der Waals surface area contributed by atoms with Gasteiger partial charge < -0.3 is 11.5 Å². The van der Waals surface area contributed by atoms with E-state index in [-0.39, 0.29) is 11.9 Å². The van der Waals surface area contributed by atoms with Gasteiger partial charge in [-0.2, -0.15) is 4.98 Å². The first-order valence-corrected chi connectivity index (χ1v) is 7.72. The molecule has 0 saturated carbocycles. The van der Waals surface area contributed by atoms with E-state index < -0.39 is 0 Å². The molecule has 22 heavy (non-hydrogen) atoms. The fourth-order valence-corrected chi connectivity index (χ4v) is 3.56. The molecule has 4 N–H and O–H groups in total. The summed E-state index contributed by atoms with van der Waals surface area (Å²) < 4.78 is 1.03. The first kappa shape index (κ1) is 13.3. The van der Waals surface area contributed by atoms with Crippen molar-refractivity contribution < 1.29 is 0 Å². The number of anilines is 2. The lowest BCUT2D eigenvalue weighted by Gasteiger charge is -2.14. The molecule has 3 aromatic rings. The average Bonchev–Trinajstić information content (AvgIpc) is 2.81. The van der Waals surface area contributed by atoms with Crippen molar-refractivity contribution in [2.75, 3.05) is 11.5 Å². The van der Waals surface area contributed by atoms with Gasteiger partial charge in [-0.3, -0.25) is 0 Å². The zero-order valence-electron chi connectivity index (χ0n) is 11.6. The third-order valence-corrected chi connectivity index (χ3v) is 4.47. The number of hydrogen-bond donors (Lipinski definition) is 2. The molecule has 0 radical (unpaired) electrons. The summed E-state index contributed by atoms with van der Waals surface area (Å²) in [5.74, 6) is 0.674. The van der Waals surface area contributed by atoms with Gasteiger partial charge >= 0.3 is 0 Å². The lowest BCUT2D eigenvalue weighted by molar-refractivity contribution is 0.945. The van der Waals surface area contributed by atoms with Gasteiger partial charge in [0, 0.05) is 10.0 Å². The summed E-state index contributed by atoms with van der Waals surface area (Å²) in [6, 6.07) is 16.4. The summed E-state index contributed by atoms with van der Waals surface area (Å²) in [6.07, 6.45) is 0.